The molecule has 0 aliphatic heterocycles. The molecule has 0 aliphatic rings. The van der Waals surface area contributed by atoms with E-state index in [0.717, 1.165) is 58.0 Å². The SMILES string of the molecule is CN(C)c1ccc(-c2nc(-c3cc(C(C)(C)C)c(O)c(C(C)(C)C)c3)[nH]c2CCc2ccccc2)cc1. The van der Waals surface area contributed by atoms with Gasteiger partial charge >= 0.3 is 0 Å². The average Bonchev–Trinajstić information content (AvgIpc) is 3.26. The van der Waals surface area contributed by atoms with Gasteiger partial charge in [-0.1, -0.05) is 84.0 Å². The second-order valence-electron chi connectivity index (χ2n) is 12.3. The van der Waals surface area contributed by atoms with E-state index in [-0.39, 0.29) is 10.8 Å². The summed E-state index contributed by atoms with van der Waals surface area (Å²) < 4.78 is 0. The number of nitrogens with zero attached hydrogens (tertiary/aromatic N) is 2. The van der Waals surface area contributed by atoms with Gasteiger partial charge in [-0.25, -0.2) is 4.98 Å². The van der Waals surface area contributed by atoms with Crippen molar-refractivity contribution in [2.24, 2.45) is 0 Å². The Morgan fingerprint density at radius 3 is 1.84 bits per heavy atom. The molecule has 0 radical (unpaired) electrons. The minimum atomic E-state index is -0.201. The van der Waals surface area contributed by atoms with Crippen LogP contribution in [0.2, 0.25) is 0 Å². The van der Waals surface area contributed by atoms with Crippen LogP contribution in [0, 0.1) is 0 Å². The molecular weight excluding hydrogens is 454 g/mol. The van der Waals surface area contributed by atoms with E-state index >= 15 is 0 Å². The fourth-order valence-electron chi connectivity index (χ4n) is 4.71. The molecule has 1 aromatic heterocycles. The van der Waals surface area contributed by atoms with Crippen molar-refractivity contribution in [2.75, 3.05) is 19.0 Å². The summed E-state index contributed by atoms with van der Waals surface area (Å²) in [5.74, 6) is 1.23. The summed E-state index contributed by atoms with van der Waals surface area (Å²) in [6, 6.07) is 23.4. The predicted octanol–water partition coefficient (Wildman–Crippen LogP) is 7.90. The number of hydrogen-bond acceptors (Lipinski definition) is 3. The first-order chi connectivity index (χ1) is 17.3. The summed E-state index contributed by atoms with van der Waals surface area (Å²) in [4.78, 5) is 10.9. The number of H-pyrrole nitrogens is 1. The average molecular weight is 496 g/mol. The van der Waals surface area contributed by atoms with Crippen LogP contribution >= 0.6 is 0 Å². The fourth-order valence-corrected chi connectivity index (χ4v) is 4.71. The quantitative estimate of drug-likeness (QED) is 0.286. The van der Waals surface area contributed by atoms with E-state index in [1.165, 1.54) is 5.56 Å². The number of anilines is 1. The van der Waals surface area contributed by atoms with Gasteiger partial charge in [-0.3, -0.25) is 0 Å². The van der Waals surface area contributed by atoms with Crippen molar-refractivity contribution in [1.29, 1.82) is 0 Å². The van der Waals surface area contributed by atoms with Gasteiger partial charge in [-0.2, -0.15) is 0 Å². The van der Waals surface area contributed by atoms with Crippen LogP contribution in [0.4, 0.5) is 5.69 Å². The van der Waals surface area contributed by atoms with Gasteiger partial charge in [0.2, 0.25) is 0 Å². The third-order valence-electron chi connectivity index (χ3n) is 6.94. The first-order valence-corrected chi connectivity index (χ1v) is 13.1. The topological polar surface area (TPSA) is 52.1 Å². The van der Waals surface area contributed by atoms with Crippen LogP contribution in [0.25, 0.3) is 22.6 Å². The van der Waals surface area contributed by atoms with Gasteiger partial charge in [0.05, 0.1) is 5.69 Å². The number of phenolic OH excluding ortho intramolecular Hbond substituents is 1. The molecule has 2 N–H and O–H groups in total. The molecule has 0 atom stereocenters. The number of aryl methyl sites for hydroxylation is 2. The van der Waals surface area contributed by atoms with E-state index in [4.69, 9.17) is 4.98 Å². The molecule has 1 heterocycles. The summed E-state index contributed by atoms with van der Waals surface area (Å²) in [7, 11) is 4.11. The molecule has 0 saturated heterocycles. The second-order valence-corrected chi connectivity index (χ2v) is 12.3. The van der Waals surface area contributed by atoms with Crippen LogP contribution in [-0.2, 0) is 23.7 Å². The predicted molar refractivity (Wildman–Crippen MR) is 157 cm³/mol. The van der Waals surface area contributed by atoms with Gasteiger partial charge in [-0.15, -0.1) is 0 Å². The Kier molecular flexibility index (Phi) is 7.23. The molecule has 37 heavy (non-hydrogen) atoms. The van der Waals surface area contributed by atoms with Crippen molar-refractivity contribution in [2.45, 2.75) is 65.2 Å². The lowest BCUT2D eigenvalue weighted by molar-refractivity contribution is 0.423. The summed E-state index contributed by atoms with van der Waals surface area (Å²) in [5.41, 5.74) is 8.16. The number of aromatic nitrogens is 2. The largest absolute Gasteiger partial charge is 0.507 e. The van der Waals surface area contributed by atoms with E-state index < -0.39 is 0 Å². The van der Waals surface area contributed by atoms with Gasteiger partial charge in [-0.05, 0) is 53.5 Å². The summed E-state index contributed by atoms with van der Waals surface area (Å²) in [6.07, 6.45) is 1.79. The normalized spacial score (nSPS) is 12.1. The van der Waals surface area contributed by atoms with Crippen LogP contribution in [0.1, 0.15) is 63.9 Å². The van der Waals surface area contributed by atoms with Crippen molar-refractivity contribution < 1.29 is 5.11 Å². The van der Waals surface area contributed by atoms with Crippen LogP contribution in [0.5, 0.6) is 5.75 Å². The van der Waals surface area contributed by atoms with E-state index in [0.29, 0.717) is 5.75 Å². The van der Waals surface area contributed by atoms with Gasteiger partial charge in [0.1, 0.15) is 11.6 Å². The standard InChI is InChI=1S/C33H41N3O/c1-32(2,3)26-20-24(21-27(30(26)37)33(4,5)6)31-34-28(19-14-22-12-10-9-11-13-22)29(35-31)23-15-17-25(18-16-23)36(7)8/h9-13,15-18,20-21,37H,14,19H2,1-8H3,(H,34,35). The maximum absolute atomic E-state index is 11.2. The molecular formula is C33H41N3O. The summed E-state index contributed by atoms with van der Waals surface area (Å²) in [6.45, 7) is 12.9. The summed E-state index contributed by atoms with van der Waals surface area (Å²) >= 11 is 0. The smallest absolute Gasteiger partial charge is 0.138 e. The fraction of sp³-hybridized carbons (Fsp3) is 0.364. The number of phenols is 1. The molecule has 3 aromatic carbocycles. The van der Waals surface area contributed by atoms with Crippen molar-refractivity contribution in [3.8, 4) is 28.4 Å². The molecule has 4 heteroatoms. The van der Waals surface area contributed by atoms with Gasteiger partial charge in [0.25, 0.3) is 0 Å². The highest BCUT2D eigenvalue weighted by Gasteiger charge is 2.27. The lowest BCUT2D eigenvalue weighted by Crippen LogP contribution is -2.17. The molecule has 4 rings (SSSR count). The van der Waals surface area contributed by atoms with E-state index in [9.17, 15) is 5.11 Å². The van der Waals surface area contributed by atoms with Crippen molar-refractivity contribution >= 4 is 5.69 Å². The third-order valence-corrected chi connectivity index (χ3v) is 6.94. The van der Waals surface area contributed by atoms with Crippen LogP contribution < -0.4 is 4.90 Å². The molecule has 0 bridgehead atoms. The van der Waals surface area contributed by atoms with E-state index in [1.807, 2.05) is 0 Å². The number of imidazole rings is 1. The van der Waals surface area contributed by atoms with Crippen LogP contribution in [0.3, 0.4) is 0 Å². The van der Waals surface area contributed by atoms with Crippen LogP contribution in [0.15, 0.2) is 66.7 Å². The maximum atomic E-state index is 11.2. The number of benzene rings is 3. The summed E-state index contributed by atoms with van der Waals surface area (Å²) in [5, 5.41) is 11.2. The lowest BCUT2D eigenvalue weighted by atomic mass is 9.78. The molecule has 0 spiro atoms. The first-order valence-electron chi connectivity index (χ1n) is 13.1. The minimum Gasteiger partial charge on any atom is -0.507 e. The van der Waals surface area contributed by atoms with Gasteiger partial charge in [0.15, 0.2) is 0 Å². The Bertz CT molecular complexity index is 1320. The first kappa shape index (κ1) is 26.5. The van der Waals surface area contributed by atoms with Crippen molar-refractivity contribution in [3.63, 3.8) is 0 Å². The Morgan fingerprint density at radius 2 is 1.32 bits per heavy atom. The Morgan fingerprint density at radius 1 is 0.757 bits per heavy atom. The third kappa shape index (κ3) is 5.90. The highest BCUT2D eigenvalue weighted by molar-refractivity contribution is 5.71. The molecule has 0 saturated carbocycles. The Balaban J connectivity index is 1.84. The molecule has 4 nitrogen and oxygen atoms in total. The van der Waals surface area contributed by atoms with Gasteiger partial charge in [0, 0.05) is 47.7 Å². The molecule has 194 valence electrons. The zero-order valence-corrected chi connectivity index (χ0v) is 23.6. The molecule has 4 aromatic rings. The second kappa shape index (κ2) is 10.1. The van der Waals surface area contributed by atoms with E-state index in [2.05, 4.69) is 132 Å². The van der Waals surface area contributed by atoms with Gasteiger partial charge < -0.3 is 15.0 Å². The molecule has 0 aliphatic carbocycles. The number of nitrogens with one attached hydrogen (secondary N) is 1. The number of aromatic amines is 1. The number of hydrogen-bond donors (Lipinski definition) is 2. The molecule has 0 unspecified atom stereocenters. The maximum Gasteiger partial charge on any atom is 0.138 e. The molecule has 0 amide bonds. The Hall–Kier alpha value is -3.53. The molecule has 0 fully saturated rings. The zero-order valence-electron chi connectivity index (χ0n) is 23.6. The van der Waals surface area contributed by atoms with Crippen LogP contribution in [-0.4, -0.2) is 29.2 Å². The zero-order chi connectivity index (χ0) is 27.0. The highest BCUT2D eigenvalue weighted by Crippen LogP contribution is 2.42. The Labute approximate surface area is 222 Å². The monoisotopic (exact) mass is 495 g/mol. The minimum absolute atomic E-state index is 0.201. The lowest BCUT2D eigenvalue weighted by Gasteiger charge is -2.28. The highest BCUT2D eigenvalue weighted by atomic mass is 16.3. The van der Waals surface area contributed by atoms with E-state index in [1.54, 1.807) is 0 Å². The van der Waals surface area contributed by atoms with Crippen molar-refractivity contribution in [1.82, 2.24) is 9.97 Å². The number of rotatable bonds is 6. The van der Waals surface area contributed by atoms with Crippen molar-refractivity contribution in [3.05, 3.63) is 89.1 Å². The number of aromatic hydroxyl groups is 1.